The van der Waals surface area contributed by atoms with Crippen LogP contribution >= 0.6 is 11.8 Å². The predicted octanol–water partition coefficient (Wildman–Crippen LogP) is 4.21. The Morgan fingerprint density at radius 3 is 2.68 bits per heavy atom. The van der Waals surface area contributed by atoms with E-state index in [1.54, 1.807) is 11.8 Å². The second-order valence-electron chi connectivity index (χ2n) is 5.85. The van der Waals surface area contributed by atoms with Crippen molar-refractivity contribution in [3.8, 4) is 11.4 Å². The molecule has 0 radical (unpaired) electrons. The van der Waals surface area contributed by atoms with E-state index >= 15 is 0 Å². The molecule has 0 atom stereocenters. The van der Waals surface area contributed by atoms with Crippen LogP contribution in [0.2, 0.25) is 0 Å². The number of imidazole rings is 1. The molecule has 0 saturated carbocycles. The van der Waals surface area contributed by atoms with Crippen LogP contribution in [-0.4, -0.2) is 24.1 Å². The maximum Gasteiger partial charge on any atom is 0.191 e. The Hall–Kier alpha value is -2.60. The van der Waals surface area contributed by atoms with Gasteiger partial charge < -0.3 is 8.97 Å². The summed E-state index contributed by atoms with van der Waals surface area (Å²) in [6, 6.07) is 14.3. The van der Waals surface area contributed by atoms with Crippen molar-refractivity contribution in [1.29, 1.82) is 0 Å². The third kappa shape index (κ3) is 3.05. The number of hydrogen-bond donors (Lipinski definition) is 0. The highest BCUT2D eigenvalue weighted by Crippen LogP contribution is 2.27. The number of pyridine rings is 1. The molecule has 4 aromatic rings. The first-order valence-corrected chi connectivity index (χ1v) is 9.29. The Bertz CT molecular complexity index is 985. The lowest BCUT2D eigenvalue weighted by atomic mass is 10.1. The largest absolute Gasteiger partial charge is 0.307 e. The molecule has 3 aromatic heterocycles. The van der Waals surface area contributed by atoms with Crippen LogP contribution in [0.25, 0.3) is 17.0 Å². The van der Waals surface area contributed by atoms with Gasteiger partial charge in [0.05, 0.1) is 5.69 Å². The van der Waals surface area contributed by atoms with Crippen molar-refractivity contribution < 1.29 is 0 Å². The number of rotatable bonds is 5. The maximum atomic E-state index is 4.65. The zero-order chi connectivity index (χ0) is 17.2. The number of hydrogen-bond acceptors (Lipinski definition) is 4. The summed E-state index contributed by atoms with van der Waals surface area (Å²) < 4.78 is 4.21. The molecule has 0 bridgehead atoms. The fraction of sp³-hybridized carbons (Fsp3) is 0.211. The summed E-state index contributed by atoms with van der Waals surface area (Å²) in [6.45, 7) is 5.07. The summed E-state index contributed by atoms with van der Waals surface area (Å²) in [6.07, 6.45) is 4.08. The lowest BCUT2D eigenvalue weighted by molar-refractivity contribution is 0.687. The number of thioether (sulfide) groups is 1. The highest BCUT2D eigenvalue weighted by Gasteiger charge is 2.15. The van der Waals surface area contributed by atoms with Gasteiger partial charge in [0.15, 0.2) is 11.0 Å². The Morgan fingerprint density at radius 2 is 1.88 bits per heavy atom. The third-order valence-electron chi connectivity index (χ3n) is 4.18. The van der Waals surface area contributed by atoms with Gasteiger partial charge in [-0.15, -0.1) is 10.2 Å². The molecular formula is C19H19N5S. The molecule has 0 amide bonds. The molecule has 0 aliphatic rings. The summed E-state index contributed by atoms with van der Waals surface area (Å²) in [5.74, 6) is 1.70. The predicted molar refractivity (Wildman–Crippen MR) is 101 cm³/mol. The topological polar surface area (TPSA) is 48.0 Å². The maximum absolute atomic E-state index is 4.65. The van der Waals surface area contributed by atoms with Crippen molar-refractivity contribution in [2.45, 2.75) is 31.3 Å². The molecule has 1 aromatic carbocycles. The van der Waals surface area contributed by atoms with E-state index < -0.39 is 0 Å². The highest BCUT2D eigenvalue weighted by molar-refractivity contribution is 7.98. The molecule has 5 nitrogen and oxygen atoms in total. The van der Waals surface area contributed by atoms with E-state index in [-0.39, 0.29) is 0 Å². The molecule has 4 rings (SSSR count). The van der Waals surface area contributed by atoms with Crippen molar-refractivity contribution in [2.24, 2.45) is 0 Å². The lowest BCUT2D eigenvalue weighted by Gasteiger charge is -2.08. The molecule has 0 N–H and O–H groups in total. The molecule has 0 saturated heterocycles. The summed E-state index contributed by atoms with van der Waals surface area (Å²) >= 11 is 1.67. The van der Waals surface area contributed by atoms with Crippen molar-refractivity contribution in [3.05, 3.63) is 66.1 Å². The summed E-state index contributed by atoms with van der Waals surface area (Å²) in [7, 11) is 0. The molecule has 0 spiro atoms. The molecular weight excluding hydrogens is 330 g/mol. The third-order valence-corrected chi connectivity index (χ3v) is 5.18. The summed E-state index contributed by atoms with van der Waals surface area (Å²) in [4.78, 5) is 4.65. The van der Waals surface area contributed by atoms with Crippen molar-refractivity contribution in [2.75, 3.05) is 0 Å². The first-order valence-electron chi connectivity index (χ1n) is 8.31. The molecule has 0 aliphatic carbocycles. The monoisotopic (exact) mass is 349 g/mol. The average molecular weight is 349 g/mol. The highest BCUT2D eigenvalue weighted by atomic mass is 32.2. The van der Waals surface area contributed by atoms with E-state index in [9.17, 15) is 0 Å². The van der Waals surface area contributed by atoms with E-state index in [4.69, 9.17) is 0 Å². The Kier molecular flexibility index (Phi) is 4.28. The smallest absolute Gasteiger partial charge is 0.191 e. The van der Waals surface area contributed by atoms with E-state index in [1.165, 1.54) is 5.56 Å². The fourth-order valence-electron chi connectivity index (χ4n) is 2.90. The van der Waals surface area contributed by atoms with Gasteiger partial charge in [0, 0.05) is 30.3 Å². The van der Waals surface area contributed by atoms with Crippen LogP contribution in [0.3, 0.4) is 0 Å². The van der Waals surface area contributed by atoms with E-state index in [0.717, 1.165) is 40.2 Å². The van der Waals surface area contributed by atoms with Gasteiger partial charge in [-0.05, 0) is 31.5 Å². The summed E-state index contributed by atoms with van der Waals surface area (Å²) in [5, 5.41) is 9.78. The standard InChI is InChI=1S/C19H19N5S/c1-3-24-18(16-9-5-4-8-14(16)2)21-22-19(24)25-13-15-12-23-11-7-6-10-17(23)20-15/h4-12H,3,13H2,1-2H3. The molecule has 3 heterocycles. The van der Waals surface area contributed by atoms with E-state index in [2.05, 4.69) is 51.9 Å². The van der Waals surface area contributed by atoms with Crippen molar-refractivity contribution in [1.82, 2.24) is 24.1 Å². The van der Waals surface area contributed by atoms with E-state index in [0.29, 0.717) is 0 Å². The zero-order valence-electron chi connectivity index (χ0n) is 14.3. The number of aryl methyl sites for hydroxylation is 1. The van der Waals surface area contributed by atoms with Gasteiger partial charge in [0.2, 0.25) is 0 Å². The molecule has 25 heavy (non-hydrogen) atoms. The first kappa shape index (κ1) is 15.9. The molecule has 0 aliphatic heterocycles. The van der Waals surface area contributed by atoms with Gasteiger partial charge in [0.1, 0.15) is 5.65 Å². The van der Waals surface area contributed by atoms with Gasteiger partial charge in [-0.2, -0.15) is 0 Å². The van der Waals surface area contributed by atoms with Crippen LogP contribution in [-0.2, 0) is 12.3 Å². The molecule has 0 unspecified atom stereocenters. The van der Waals surface area contributed by atoms with Gasteiger partial charge in [-0.3, -0.25) is 0 Å². The minimum Gasteiger partial charge on any atom is -0.307 e. The lowest BCUT2D eigenvalue weighted by Crippen LogP contribution is -2.00. The average Bonchev–Trinajstić information content (AvgIpc) is 3.23. The molecule has 0 fully saturated rings. The first-order chi connectivity index (χ1) is 12.3. The number of benzene rings is 1. The second-order valence-corrected chi connectivity index (χ2v) is 6.79. The van der Waals surface area contributed by atoms with Crippen LogP contribution in [0.5, 0.6) is 0 Å². The van der Waals surface area contributed by atoms with Gasteiger partial charge >= 0.3 is 0 Å². The van der Waals surface area contributed by atoms with Crippen LogP contribution < -0.4 is 0 Å². The van der Waals surface area contributed by atoms with E-state index in [1.807, 2.05) is 40.9 Å². The normalized spacial score (nSPS) is 11.3. The number of nitrogens with zero attached hydrogens (tertiary/aromatic N) is 5. The SMILES string of the molecule is CCn1c(SCc2cn3ccccc3n2)nnc1-c1ccccc1C. The minimum absolute atomic E-state index is 0.771. The van der Waals surface area contributed by atoms with Crippen LogP contribution in [0.1, 0.15) is 18.2 Å². The quantitative estimate of drug-likeness (QED) is 0.506. The Labute approximate surface area is 150 Å². The number of fused-ring (bicyclic) bond motifs is 1. The van der Waals surface area contributed by atoms with Gasteiger partial charge in [-0.1, -0.05) is 42.1 Å². The van der Waals surface area contributed by atoms with Crippen molar-refractivity contribution in [3.63, 3.8) is 0 Å². The number of aromatic nitrogens is 5. The van der Waals surface area contributed by atoms with Gasteiger partial charge in [-0.25, -0.2) is 4.98 Å². The Balaban J connectivity index is 1.60. The molecule has 6 heteroatoms. The Morgan fingerprint density at radius 1 is 1.04 bits per heavy atom. The summed E-state index contributed by atoms with van der Waals surface area (Å²) in [5.41, 5.74) is 4.35. The minimum atomic E-state index is 0.771. The second kappa shape index (κ2) is 6.72. The van der Waals surface area contributed by atoms with Crippen LogP contribution in [0.4, 0.5) is 0 Å². The zero-order valence-corrected chi connectivity index (χ0v) is 15.1. The fourth-order valence-corrected chi connectivity index (χ4v) is 3.78. The van der Waals surface area contributed by atoms with Crippen molar-refractivity contribution >= 4 is 17.4 Å². The van der Waals surface area contributed by atoms with Gasteiger partial charge in [0.25, 0.3) is 0 Å². The van der Waals surface area contributed by atoms with Crippen LogP contribution in [0.15, 0.2) is 60.0 Å². The molecule has 126 valence electrons. The van der Waals surface area contributed by atoms with Crippen LogP contribution in [0, 0.1) is 6.92 Å².